The molecule has 0 spiro atoms. The maximum Gasteiger partial charge on any atom is 0.326 e. The number of aryl methyl sites for hydroxylation is 2. The van der Waals surface area contributed by atoms with Crippen LogP contribution < -0.4 is 11.1 Å². The average Bonchev–Trinajstić information content (AvgIpc) is 2.50. The summed E-state index contributed by atoms with van der Waals surface area (Å²) in [6.07, 6.45) is 4.14. The minimum atomic E-state index is -1.17. The van der Waals surface area contributed by atoms with Crippen LogP contribution in [0.3, 0.4) is 0 Å². The highest BCUT2D eigenvalue weighted by atomic mass is 16.4. The van der Waals surface area contributed by atoms with Gasteiger partial charge in [-0.25, -0.2) is 4.79 Å². The molecule has 4 N–H and O–H groups in total. The van der Waals surface area contributed by atoms with Gasteiger partial charge in [-0.15, -0.1) is 0 Å². The smallest absolute Gasteiger partial charge is 0.326 e. The van der Waals surface area contributed by atoms with E-state index in [0.717, 1.165) is 31.2 Å². The number of fused-ring (bicyclic) bond motifs is 1. The molecule has 1 aliphatic carbocycles. The van der Waals surface area contributed by atoms with E-state index in [2.05, 4.69) is 5.32 Å². The molecule has 0 saturated heterocycles. The Labute approximate surface area is 128 Å². The number of nitrogens with two attached hydrogens (primary N) is 1. The van der Waals surface area contributed by atoms with Crippen LogP contribution in [0.5, 0.6) is 0 Å². The molecule has 1 aromatic rings. The number of primary amides is 1. The number of rotatable bonds is 6. The van der Waals surface area contributed by atoms with Crippen LogP contribution in [0.1, 0.15) is 47.2 Å². The Hall–Kier alpha value is -2.37. The van der Waals surface area contributed by atoms with Crippen LogP contribution >= 0.6 is 0 Å². The molecule has 6 nitrogen and oxygen atoms in total. The zero-order valence-electron chi connectivity index (χ0n) is 12.3. The van der Waals surface area contributed by atoms with E-state index in [9.17, 15) is 14.4 Å². The van der Waals surface area contributed by atoms with Crippen molar-refractivity contribution in [2.45, 2.75) is 44.6 Å². The first-order valence-electron chi connectivity index (χ1n) is 7.41. The fraction of sp³-hybridized carbons (Fsp3) is 0.438. The number of amides is 2. The van der Waals surface area contributed by atoms with E-state index in [1.165, 1.54) is 5.56 Å². The van der Waals surface area contributed by atoms with Crippen LogP contribution in [-0.2, 0) is 22.4 Å². The van der Waals surface area contributed by atoms with Gasteiger partial charge in [0.05, 0.1) is 0 Å². The Morgan fingerprint density at radius 1 is 1.18 bits per heavy atom. The highest BCUT2D eigenvalue weighted by Gasteiger charge is 2.22. The first-order chi connectivity index (χ1) is 10.5. The van der Waals surface area contributed by atoms with Gasteiger partial charge in [-0.3, -0.25) is 9.59 Å². The van der Waals surface area contributed by atoms with Crippen molar-refractivity contribution in [1.29, 1.82) is 0 Å². The summed E-state index contributed by atoms with van der Waals surface area (Å²) in [5, 5.41) is 11.6. The third kappa shape index (κ3) is 4.07. The number of nitrogens with one attached hydrogen (secondary N) is 1. The third-order valence-corrected chi connectivity index (χ3v) is 3.89. The first-order valence-corrected chi connectivity index (χ1v) is 7.41. The topological polar surface area (TPSA) is 109 Å². The van der Waals surface area contributed by atoms with E-state index in [-0.39, 0.29) is 12.8 Å². The second kappa shape index (κ2) is 7.06. The summed E-state index contributed by atoms with van der Waals surface area (Å²) in [5.41, 5.74) is 7.88. The van der Waals surface area contributed by atoms with E-state index in [1.807, 2.05) is 12.1 Å². The molecule has 0 aromatic heterocycles. The minimum absolute atomic E-state index is 0.0126. The number of carboxylic acids is 1. The SMILES string of the molecule is NC(=O)CC[C@H](NC(=O)c1ccc2c(c1)CCCC2)C(=O)O. The molecule has 0 radical (unpaired) electrons. The second-order valence-corrected chi connectivity index (χ2v) is 5.56. The molecular formula is C16H20N2O4. The van der Waals surface area contributed by atoms with Crippen molar-refractivity contribution in [1.82, 2.24) is 5.32 Å². The van der Waals surface area contributed by atoms with Crippen LogP contribution in [0, 0.1) is 0 Å². The summed E-state index contributed by atoms with van der Waals surface area (Å²) in [5.74, 6) is -2.20. The molecule has 2 rings (SSSR count). The number of benzene rings is 1. The van der Waals surface area contributed by atoms with Gasteiger partial charge in [0.1, 0.15) is 6.04 Å². The molecule has 0 heterocycles. The molecule has 118 valence electrons. The van der Waals surface area contributed by atoms with Crippen LogP contribution in [0.25, 0.3) is 0 Å². The van der Waals surface area contributed by atoms with E-state index in [1.54, 1.807) is 6.07 Å². The number of aliphatic carboxylic acids is 1. The van der Waals surface area contributed by atoms with E-state index < -0.39 is 23.8 Å². The summed E-state index contributed by atoms with van der Waals surface area (Å²) >= 11 is 0. The maximum absolute atomic E-state index is 12.2. The molecule has 1 atom stereocenters. The first kappa shape index (κ1) is 16.0. The molecule has 6 heteroatoms. The van der Waals surface area contributed by atoms with E-state index >= 15 is 0 Å². The maximum atomic E-state index is 12.2. The molecule has 1 aromatic carbocycles. The Balaban J connectivity index is 2.06. The summed E-state index contributed by atoms with van der Waals surface area (Å²) in [6, 6.07) is 4.36. The van der Waals surface area contributed by atoms with Crippen molar-refractivity contribution >= 4 is 17.8 Å². The van der Waals surface area contributed by atoms with Gasteiger partial charge in [-0.1, -0.05) is 6.07 Å². The number of carbonyl (C=O) groups is 3. The number of hydrogen-bond acceptors (Lipinski definition) is 3. The standard InChI is InChI=1S/C16H20N2O4/c17-14(19)8-7-13(16(21)22)18-15(20)12-6-5-10-3-1-2-4-11(10)9-12/h5-6,9,13H,1-4,7-8H2,(H2,17,19)(H,18,20)(H,21,22)/t13-/m0/s1. The Kier molecular flexibility index (Phi) is 5.14. The van der Waals surface area contributed by atoms with Gasteiger partial charge >= 0.3 is 5.97 Å². The van der Waals surface area contributed by atoms with Gasteiger partial charge in [0, 0.05) is 12.0 Å². The average molecular weight is 304 g/mol. The molecule has 2 amide bonds. The van der Waals surface area contributed by atoms with Crippen molar-refractivity contribution in [3.05, 3.63) is 34.9 Å². The van der Waals surface area contributed by atoms with Gasteiger partial charge in [0.15, 0.2) is 0 Å². The molecule has 0 aliphatic heterocycles. The molecular weight excluding hydrogens is 284 g/mol. The number of hydrogen-bond donors (Lipinski definition) is 3. The third-order valence-electron chi connectivity index (χ3n) is 3.89. The zero-order valence-corrected chi connectivity index (χ0v) is 12.3. The number of carboxylic acid groups (broad SMARTS) is 1. The summed E-state index contributed by atoms with van der Waals surface area (Å²) < 4.78 is 0. The highest BCUT2D eigenvalue weighted by molar-refractivity contribution is 5.97. The van der Waals surface area contributed by atoms with Crippen LogP contribution in [-0.4, -0.2) is 28.9 Å². The molecule has 0 unspecified atom stereocenters. The quantitative estimate of drug-likeness (QED) is 0.728. The van der Waals surface area contributed by atoms with Gasteiger partial charge in [0.25, 0.3) is 5.91 Å². The lowest BCUT2D eigenvalue weighted by Crippen LogP contribution is -2.41. The second-order valence-electron chi connectivity index (χ2n) is 5.56. The monoisotopic (exact) mass is 304 g/mol. The van der Waals surface area contributed by atoms with Gasteiger partial charge in [-0.05, 0) is 55.4 Å². The normalized spacial score (nSPS) is 14.7. The molecule has 0 bridgehead atoms. The molecule has 0 saturated carbocycles. The highest BCUT2D eigenvalue weighted by Crippen LogP contribution is 2.22. The Morgan fingerprint density at radius 3 is 2.50 bits per heavy atom. The molecule has 1 aliphatic rings. The van der Waals surface area contributed by atoms with E-state index in [4.69, 9.17) is 10.8 Å². The van der Waals surface area contributed by atoms with Crippen molar-refractivity contribution in [3.63, 3.8) is 0 Å². The molecule has 22 heavy (non-hydrogen) atoms. The fourth-order valence-electron chi connectivity index (χ4n) is 2.66. The van der Waals surface area contributed by atoms with Crippen molar-refractivity contribution in [2.75, 3.05) is 0 Å². The van der Waals surface area contributed by atoms with E-state index in [0.29, 0.717) is 5.56 Å². The van der Waals surface area contributed by atoms with Gasteiger partial charge in [0.2, 0.25) is 5.91 Å². The number of carbonyl (C=O) groups excluding carboxylic acids is 2. The lowest BCUT2D eigenvalue weighted by atomic mass is 9.90. The van der Waals surface area contributed by atoms with Crippen molar-refractivity contribution in [3.8, 4) is 0 Å². The predicted octanol–water partition coefficient (Wildman–Crippen LogP) is 1.01. The lowest BCUT2D eigenvalue weighted by Gasteiger charge is -2.18. The fourth-order valence-corrected chi connectivity index (χ4v) is 2.66. The van der Waals surface area contributed by atoms with Crippen LogP contribution in [0.15, 0.2) is 18.2 Å². The summed E-state index contributed by atoms with van der Waals surface area (Å²) in [7, 11) is 0. The van der Waals surface area contributed by atoms with Crippen molar-refractivity contribution in [2.24, 2.45) is 5.73 Å². The van der Waals surface area contributed by atoms with Gasteiger partial charge < -0.3 is 16.2 Å². The van der Waals surface area contributed by atoms with Crippen LogP contribution in [0.2, 0.25) is 0 Å². The lowest BCUT2D eigenvalue weighted by molar-refractivity contribution is -0.139. The van der Waals surface area contributed by atoms with Crippen molar-refractivity contribution < 1.29 is 19.5 Å². The predicted molar refractivity (Wildman–Crippen MR) is 80.4 cm³/mol. The Morgan fingerprint density at radius 2 is 1.86 bits per heavy atom. The van der Waals surface area contributed by atoms with Crippen LogP contribution in [0.4, 0.5) is 0 Å². The Bertz CT molecular complexity index is 598. The van der Waals surface area contributed by atoms with Gasteiger partial charge in [-0.2, -0.15) is 0 Å². The summed E-state index contributed by atoms with van der Waals surface area (Å²) in [4.78, 5) is 34.1. The largest absolute Gasteiger partial charge is 0.480 e. The summed E-state index contributed by atoms with van der Waals surface area (Å²) in [6.45, 7) is 0. The minimum Gasteiger partial charge on any atom is -0.480 e. The zero-order chi connectivity index (χ0) is 16.1. The molecule has 0 fully saturated rings.